The molecule has 86 valence electrons. The highest BCUT2D eigenvalue weighted by molar-refractivity contribution is 5.34. The number of nitrogens with zero attached hydrogens (tertiary/aromatic N) is 1. The normalized spacial score (nSPS) is 23.2. The number of likely N-dealkylation sites (tertiary alicyclic amines) is 1. The SMILES string of the molecule is C#C/C=C\C(CN1CCC(C)C1)=C(\C)C=C. The Morgan fingerprint density at radius 1 is 1.62 bits per heavy atom. The average Bonchev–Trinajstić information content (AvgIpc) is 2.69. The smallest absolute Gasteiger partial charge is 0.0236 e. The monoisotopic (exact) mass is 215 g/mol. The van der Waals surface area contributed by atoms with Gasteiger partial charge in [0.15, 0.2) is 0 Å². The third kappa shape index (κ3) is 3.72. The molecule has 0 radical (unpaired) electrons. The van der Waals surface area contributed by atoms with Crippen LogP contribution in [0, 0.1) is 18.3 Å². The Balaban J connectivity index is 2.69. The number of rotatable bonds is 4. The van der Waals surface area contributed by atoms with Crippen molar-refractivity contribution in [3.8, 4) is 12.3 Å². The van der Waals surface area contributed by atoms with E-state index in [0.717, 1.165) is 12.5 Å². The van der Waals surface area contributed by atoms with Crippen molar-refractivity contribution < 1.29 is 0 Å². The maximum atomic E-state index is 5.25. The van der Waals surface area contributed by atoms with Gasteiger partial charge >= 0.3 is 0 Å². The molecule has 0 amide bonds. The van der Waals surface area contributed by atoms with E-state index in [0.29, 0.717) is 0 Å². The van der Waals surface area contributed by atoms with Crippen LogP contribution < -0.4 is 0 Å². The van der Waals surface area contributed by atoms with Gasteiger partial charge < -0.3 is 0 Å². The third-order valence-electron chi connectivity index (χ3n) is 3.10. The fourth-order valence-corrected chi connectivity index (χ4v) is 2.00. The molecule has 1 saturated heterocycles. The largest absolute Gasteiger partial charge is 0.299 e. The summed E-state index contributed by atoms with van der Waals surface area (Å²) in [6.45, 7) is 11.6. The molecule has 1 fully saturated rings. The molecular weight excluding hydrogens is 194 g/mol. The molecule has 0 aliphatic carbocycles. The van der Waals surface area contributed by atoms with Crippen LogP contribution in [0.1, 0.15) is 20.3 Å². The summed E-state index contributed by atoms with van der Waals surface area (Å²) in [5.41, 5.74) is 2.49. The molecule has 0 aromatic carbocycles. The molecule has 0 bridgehead atoms. The van der Waals surface area contributed by atoms with Crippen molar-refractivity contribution in [3.05, 3.63) is 36.0 Å². The zero-order valence-electron chi connectivity index (χ0n) is 10.4. The Morgan fingerprint density at radius 2 is 2.38 bits per heavy atom. The Kier molecular flexibility index (Phi) is 5.08. The van der Waals surface area contributed by atoms with Gasteiger partial charge in [0.05, 0.1) is 0 Å². The van der Waals surface area contributed by atoms with Crippen molar-refractivity contribution in [2.45, 2.75) is 20.3 Å². The van der Waals surface area contributed by atoms with Crippen LogP contribution in [0.5, 0.6) is 0 Å². The Labute approximate surface area is 99.5 Å². The first-order valence-electron chi connectivity index (χ1n) is 5.84. The van der Waals surface area contributed by atoms with Crippen LogP contribution in [-0.2, 0) is 0 Å². The van der Waals surface area contributed by atoms with E-state index in [-0.39, 0.29) is 0 Å². The maximum Gasteiger partial charge on any atom is 0.0236 e. The molecule has 1 heterocycles. The molecule has 1 heteroatoms. The van der Waals surface area contributed by atoms with E-state index in [1.807, 2.05) is 12.2 Å². The minimum atomic E-state index is 0.821. The lowest BCUT2D eigenvalue weighted by molar-refractivity contribution is 0.358. The molecule has 0 aromatic rings. The fraction of sp³-hybridized carbons (Fsp3) is 0.467. The third-order valence-corrected chi connectivity index (χ3v) is 3.10. The number of hydrogen-bond donors (Lipinski definition) is 0. The highest BCUT2D eigenvalue weighted by Gasteiger charge is 2.18. The quantitative estimate of drug-likeness (QED) is 0.515. The highest BCUT2D eigenvalue weighted by atomic mass is 15.1. The van der Waals surface area contributed by atoms with E-state index in [2.05, 4.69) is 31.2 Å². The van der Waals surface area contributed by atoms with Crippen molar-refractivity contribution in [1.82, 2.24) is 4.90 Å². The van der Waals surface area contributed by atoms with Crippen LogP contribution >= 0.6 is 0 Å². The van der Waals surface area contributed by atoms with Gasteiger partial charge in [-0.15, -0.1) is 6.42 Å². The van der Waals surface area contributed by atoms with Crippen molar-refractivity contribution in [2.24, 2.45) is 5.92 Å². The van der Waals surface area contributed by atoms with Gasteiger partial charge in [-0.05, 0) is 49.1 Å². The fourth-order valence-electron chi connectivity index (χ4n) is 2.00. The van der Waals surface area contributed by atoms with Crippen LogP contribution in [0.3, 0.4) is 0 Å². The van der Waals surface area contributed by atoms with Gasteiger partial charge in [0, 0.05) is 13.1 Å². The van der Waals surface area contributed by atoms with Gasteiger partial charge in [-0.1, -0.05) is 25.5 Å². The second kappa shape index (κ2) is 6.35. The lowest BCUT2D eigenvalue weighted by Crippen LogP contribution is -2.23. The average molecular weight is 215 g/mol. The van der Waals surface area contributed by atoms with E-state index in [1.54, 1.807) is 6.08 Å². The predicted octanol–water partition coefficient (Wildman–Crippen LogP) is 3.02. The summed E-state index contributed by atoms with van der Waals surface area (Å²) in [5, 5.41) is 0. The summed E-state index contributed by atoms with van der Waals surface area (Å²) in [4.78, 5) is 2.48. The summed E-state index contributed by atoms with van der Waals surface area (Å²) >= 11 is 0. The van der Waals surface area contributed by atoms with Gasteiger partial charge in [-0.3, -0.25) is 4.90 Å². The van der Waals surface area contributed by atoms with Gasteiger partial charge in [0.1, 0.15) is 0 Å². The molecule has 1 unspecified atom stereocenters. The first-order valence-corrected chi connectivity index (χ1v) is 5.84. The number of terminal acetylenes is 1. The lowest BCUT2D eigenvalue weighted by Gasteiger charge is -2.17. The van der Waals surface area contributed by atoms with Crippen molar-refractivity contribution in [2.75, 3.05) is 19.6 Å². The highest BCUT2D eigenvalue weighted by Crippen LogP contribution is 2.18. The van der Waals surface area contributed by atoms with Gasteiger partial charge in [0.25, 0.3) is 0 Å². The molecular formula is C15H21N. The van der Waals surface area contributed by atoms with E-state index in [4.69, 9.17) is 6.42 Å². The summed E-state index contributed by atoms with van der Waals surface area (Å²) in [6.07, 6.45) is 12.2. The number of allylic oxidation sites excluding steroid dienone is 3. The zero-order valence-corrected chi connectivity index (χ0v) is 10.4. The maximum absolute atomic E-state index is 5.25. The van der Waals surface area contributed by atoms with Crippen molar-refractivity contribution >= 4 is 0 Å². The second-order valence-electron chi connectivity index (χ2n) is 4.54. The molecule has 1 atom stereocenters. The standard InChI is InChI=1S/C15H21N/c1-5-7-8-15(14(4)6-2)12-16-10-9-13(3)11-16/h1,6-8,13H,2,9-12H2,3-4H3/b8-7-,15-14+. The van der Waals surface area contributed by atoms with Crippen molar-refractivity contribution in [3.63, 3.8) is 0 Å². The number of hydrogen-bond acceptors (Lipinski definition) is 1. The minimum absolute atomic E-state index is 0.821. The van der Waals surface area contributed by atoms with Crippen LogP contribution in [-0.4, -0.2) is 24.5 Å². The van der Waals surface area contributed by atoms with Crippen LogP contribution in [0.25, 0.3) is 0 Å². The van der Waals surface area contributed by atoms with E-state index < -0.39 is 0 Å². The van der Waals surface area contributed by atoms with Gasteiger partial charge in [-0.25, -0.2) is 0 Å². The predicted molar refractivity (Wildman–Crippen MR) is 71.1 cm³/mol. The van der Waals surface area contributed by atoms with Crippen LogP contribution in [0.2, 0.25) is 0 Å². The lowest BCUT2D eigenvalue weighted by atomic mass is 10.1. The van der Waals surface area contributed by atoms with Crippen LogP contribution in [0.4, 0.5) is 0 Å². The molecule has 16 heavy (non-hydrogen) atoms. The zero-order chi connectivity index (χ0) is 12.0. The molecule has 0 spiro atoms. The van der Waals surface area contributed by atoms with Gasteiger partial charge in [0.2, 0.25) is 0 Å². The van der Waals surface area contributed by atoms with E-state index in [9.17, 15) is 0 Å². The molecule has 1 aliphatic rings. The van der Waals surface area contributed by atoms with E-state index >= 15 is 0 Å². The molecule has 1 nitrogen and oxygen atoms in total. The molecule has 0 aromatic heterocycles. The summed E-state index contributed by atoms with van der Waals surface area (Å²) in [5.74, 6) is 3.36. The molecule has 1 aliphatic heterocycles. The molecule has 1 rings (SSSR count). The Morgan fingerprint density at radius 3 is 2.88 bits per heavy atom. The van der Waals surface area contributed by atoms with Gasteiger partial charge in [-0.2, -0.15) is 0 Å². The first-order chi connectivity index (χ1) is 7.67. The van der Waals surface area contributed by atoms with E-state index in [1.165, 1.54) is 30.7 Å². The Bertz CT molecular complexity index is 341. The minimum Gasteiger partial charge on any atom is -0.299 e. The first kappa shape index (κ1) is 12.8. The second-order valence-corrected chi connectivity index (χ2v) is 4.54. The molecule has 0 saturated carbocycles. The van der Waals surface area contributed by atoms with Crippen molar-refractivity contribution in [1.29, 1.82) is 0 Å². The topological polar surface area (TPSA) is 3.24 Å². The van der Waals surface area contributed by atoms with Crippen LogP contribution in [0.15, 0.2) is 36.0 Å². The summed E-state index contributed by atoms with van der Waals surface area (Å²) in [6, 6.07) is 0. The molecule has 0 N–H and O–H groups in total. The Hall–Kier alpha value is -1.26. The summed E-state index contributed by atoms with van der Waals surface area (Å²) in [7, 11) is 0. The summed E-state index contributed by atoms with van der Waals surface area (Å²) < 4.78 is 0.